The Morgan fingerprint density at radius 2 is 2.25 bits per heavy atom. The summed E-state index contributed by atoms with van der Waals surface area (Å²) in [4.78, 5) is 4.11. The van der Waals surface area contributed by atoms with Crippen LogP contribution in [-0.2, 0) is 6.54 Å². The lowest BCUT2D eigenvalue weighted by Gasteiger charge is -2.08. The van der Waals surface area contributed by atoms with Gasteiger partial charge in [0.15, 0.2) is 0 Å². The maximum absolute atomic E-state index is 10.1. The van der Waals surface area contributed by atoms with Gasteiger partial charge in [-0.3, -0.25) is 9.67 Å². The van der Waals surface area contributed by atoms with Crippen LogP contribution in [-0.4, -0.2) is 19.9 Å². The number of hydrogen-bond acceptors (Lipinski definition) is 3. The third kappa shape index (κ3) is 2.12. The molecule has 2 heterocycles. The van der Waals surface area contributed by atoms with Gasteiger partial charge in [0.2, 0.25) is 0 Å². The minimum Gasteiger partial charge on any atom is -0.384 e. The van der Waals surface area contributed by atoms with E-state index in [1.807, 2.05) is 32.2 Å². The molecule has 2 aromatic heterocycles. The molecular weight excluding hydrogens is 202 g/mol. The molecule has 0 aromatic carbocycles. The molecule has 0 aliphatic rings. The average molecular weight is 217 g/mol. The van der Waals surface area contributed by atoms with E-state index in [1.54, 1.807) is 17.1 Å². The first-order valence-electron chi connectivity index (χ1n) is 5.33. The quantitative estimate of drug-likeness (QED) is 0.851. The van der Waals surface area contributed by atoms with Crippen LogP contribution in [0.5, 0.6) is 0 Å². The molecule has 4 nitrogen and oxygen atoms in total. The average Bonchev–Trinajstić information content (AvgIpc) is 2.76. The first-order chi connectivity index (χ1) is 7.70. The SMILES string of the molecule is CCn1cc(C(O)c2ccnc(C)c2)cn1. The summed E-state index contributed by atoms with van der Waals surface area (Å²) in [6.45, 7) is 4.73. The highest BCUT2D eigenvalue weighted by molar-refractivity contribution is 5.26. The van der Waals surface area contributed by atoms with E-state index >= 15 is 0 Å². The third-order valence-corrected chi connectivity index (χ3v) is 2.53. The van der Waals surface area contributed by atoms with Crippen molar-refractivity contribution in [2.24, 2.45) is 0 Å². The number of aliphatic hydroxyl groups excluding tert-OH is 1. The van der Waals surface area contributed by atoms with E-state index in [-0.39, 0.29) is 0 Å². The molecule has 2 aromatic rings. The summed E-state index contributed by atoms with van der Waals surface area (Å²) < 4.78 is 1.80. The molecule has 0 saturated carbocycles. The van der Waals surface area contributed by atoms with Crippen molar-refractivity contribution in [2.75, 3.05) is 0 Å². The van der Waals surface area contributed by atoms with Crippen LogP contribution >= 0.6 is 0 Å². The predicted octanol–water partition coefficient (Wildman–Crippen LogP) is 1.69. The van der Waals surface area contributed by atoms with Gasteiger partial charge in [-0.15, -0.1) is 0 Å². The molecule has 0 bridgehead atoms. The van der Waals surface area contributed by atoms with Crippen LogP contribution in [0.3, 0.4) is 0 Å². The van der Waals surface area contributed by atoms with E-state index in [9.17, 15) is 5.11 Å². The van der Waals surface area contributed by atoms with Gasteiger partial charge < -0.3 is 5.11 Å². The Bertz CT molecular complexity index is 479. The van der Waals surface area contributed by atoms with Crippen LogP contribution in [0, 0.1) is 6.92 Å². The van der Waals surface area contributed by atoms with Crippen LogP contribution in [0.1, 0.15) is 29.8 Å². The summed E-state index contributed by atoms with van der Waals surface area (Å²) in [5, 5.41) is 14.3. The maximum atomic E-state index is 10.1. The first-order valence-corrected chi connectivity index (χ1v) is 5.33. The largest absolute Gasteiger partial charge is 0.384 e. The van der Waals surface area contributed by atoms with Gasteiger partial charge in [0.05, 0.1) is 6.20 Å². The minimum atomic E-state index is -0.623. The zero-order chi connectivity index (χ0) is 11.5. The van der Waals surface area contributed by atoms with Crippen LogP contribution in [0.25, 0.3) is 0 Å². The van der Waals surface area contributed by atoms with Crippen molar-refractivity contribution in [3.63, 3.8) is 0 Å². The van der Waals surface area contributed by atoms with E-state index < -0.39 is 6.10 Å². The van der Waals surface area contributed by atoms with E-state index in [0.29, 0.717) is 0 Å². The predicted molar refractivity (Wildman–Crippen MR) is 60.9 cm³/mol. The smallest absolute Gasteiger partial charge is 0.107 e. The maximum Gasteiger partial charge on any atom is 0.107 e. The molecule has 0 saturated heterocycles. The van der Waals surface area contributed by atoms with Crippen molar-refractivity contribution in [1.29, 1.82) is 0 Å². The van der Waals surface area contributed by atoms with E-state index in [1.165, 1.54) is 0 Å². The molecule has 16 heavy (non-hydrogen) atoms. The lowest BCUT2D eigenvalue weighted by molar-refractivity contribution is 0.220. The zero-order valence-electron chi connectivity index (χ0n) is 9.46. The molecule has 1 atom stereocenters. The number of aliphatic hydroxyl groups is 1. The lowest BCUT2D eigenvalue weighted by atomic mass is 10.1. The highest BCUT2D eigenvalue weighted by Crippen LogP contribution is 2.21. The van der Waals surface area contributed by atoms with Gasteiger partial charge in [-0.05, 0) is 31.5 Å². The molecule has 2 rings (SSSR count). The molecule has 0 spiro atoms. The Kier molecular flexibility index (Phi) is 3.01. The molecule has 0 fully saturated rings. The van der Waals surface area contributed by atoms with Gasteiger partial charge in [-0.1, -0.05) is 0 Å². The molecular formula is C12H15N3O. The summed E-state index contributed by atoms with van der Waals surface area (Å²) in [6, 6.07) is 3.70. The molecule has 0 amide bonds. The Labute approximate surface area is 94.6 Å². The minimum absolute atomic E-state index is 0.623. The highest BCUT2D eigenvalue weighted by atomic mass is 16.3. The normalized spacial score (nSPS) is 12.7. The van der Waals surface area contributed by atoms with Gasteiger partial charge >= 0.3 is 0 Å². The second-order valence-corrected chi connectivity index (χ2v) is 3.76. The van der Waals surface area contributed by atoms with Gasteiger partial charge in [0.1, 0.15) is 6.10 Å². The number of pyridine rings is 1. The lowest BCUT2D eigenvalue weighted by Crippen LogP contribution is -1.99. The molecule has 84 valence electrons. The summed E-state index contributed by atoms with van der Waals surface area (Å²) in [5.74, 6) is 0. The fourth-order valence-corrected chi connectivity index (χ4v) is 1.62. The Balaban J connectivity index is 2.27. The highest BCUT2D eigenvalue weighted by Gasteiger charge is 2.12. The second-order valence-electron chi connectivity index (χ2n) is 3.76. The van der Waals surface area contributed by atoms with Crippen molar-refractivity contribution in [3.8, 4) is 0 Å². The fraction of sp³-hybridized carbons (Fsp3) is 0.333. The van der Waals surface area contributed by atoms with Gasteiger partial charge in [0.25, 0.3) is 0 Å². The summed E-state index contributed by atoms with van der Waals surface area (Å²) in [7, 11) is 0. The fourth-order valence-electron chi connectivity index (χ4n) is 1.62. The first kappa shape index (κ1) is 10.8. The monoisotopic (exact) mass is 217 g/mol. The number of aromatic nitrogens is 3. The number of aryl methyl sites for hydroxylation is 2. The topological polar surface area (TPSA) is 50.9 Å². The van der Waals surface area contributed by atoms with Crippen molar-refractivity contribution in [2.45, 2.75) is 26.5 Å². The summed E-state index contributed by atoms with van der Waals surface area (Å²) in [5.41, 5.74) is 2.56. The van der Waals surface area contributed by atoms with Crippen molar-refractivity contribution < 1.29 is 5.11 Å². The van der Waals surface area contributed by atoms with Gasteiger partial charge in [-0.25, -0.2) is 0 Å². The Hall–Kier alpha value is -1.68. The molecule has 0 aliphatic heterocycles. The van der Waals surface area contributed by atoms with Crippen LogP contribution in [0.2, 0.25) is 0 Å². The molecule has 1 unspecified atom stereocenters. The van der Waals surface area contributed by atoms with Crippen molar-refractivity contribution in [3.05, 3.63) is 47.5 Å². The van der Waals surface area contributed by atoms with Gasteiger partial charge in [0, 0.05) is 30.2 Å². The van der Waals surface area contributed by atoms with E-state index in [2.05, 4.69) is 10.1 Å². The van der Waals surface area contributed by atoms with E-state index in [0.717, 1.165) is 23.4 Å². The summed E-state index contributed by atoms with van der Waals surface area (Å²) in [6.07, 6.45) is 4.64. The van der Waals surface area contributed by atoms with Crippen LogP contribution in [0.15, 0.2) is 30.7 Å². The molecule has 0 aliphatic carbocycles. The van der Waals surface area contributed by atoms with Crippen molar-refractivity contribution in [1.82, 2.24) is 14.8 Å². The molecule has 0 radical (unpaired) electrons. The third-order valence-electron chi connectivity index (χ3n) is 2.53. The number of hydrogen-bond donors (Lipinski definition) is 1. The molecule has 4 heteroatoms. The number of nitrogens with zero attached hydrogens (tertiary/aromatic N) is 3. The molecule has 1 N–H and O–H groups in total. The standard InChI is InChI=1S/C12H15N3O/c1-3-15-8-11(7-14-15)12(16)10-4-5-13-9(2)6-10/h4-8,12,16H,3H2,1-2H3. The second kappa shape index (κ2) is 4.45. The van der Waals surface area contributed by atoms with E-state index in [4.69, 9.17) is 0 Å². The van der Waals surface area contributed by atoms with Crippen LogP contribution < -0.4 is 0 Å². The Morgan fingerprint density at radius 3 is 2.88 bits per heavy atom. The number of rotatable bonds is 3. The zero-order valence-corrected chi connectivity index (χ0v) is 9.46. The van der Waals surface area contributed by atoms with Crippen molar-refractivity contribution >= 4 is 0 Å². The van der Waals surface area contributed by atoms with Crippen LogP contribution in [0.4, 0.5) is 0 Å². The Morgan fingerprint density at radius 1 is 1.44 bits per heavy atom. The summed E-state index contributed by atoms with van der Waals surface area (Å²) >= 11 is 0. The van der Waals surface area contributed by atoms with Gasteiger partial charge in [-0.2, -0.15) is 5.10 Å².